The van der Waals surface area contributed by atoms with Gasteiger partial charge in [-0.2, -0.15) is 0 Å². The second-order valence-corrected chi connectivity index (χ2v) is 12.5. The molecule has 7 rings (SSSR count). The molecular formula is C29H23BrN4O10. The number of nitro groups is 2. The number of carbonyl (C=O) groups excluding carboxylic acids is 5. The summed E-state index contributed by atoms with van der Waals surface area (Å²) in [6.45, 7) is 4.44. The summed E-state index contributed by atoms with van der Waals surface area (Å²) in [6, 6.07) is 10.4. The van der Waals surface area contributed by atoms with Crippen LogP contribution in [0.4, 0.5) is 22.7 Å². The second-order valence-electron chi connectivity index (χ2n) is 11.2. The standard InChI is InChI=1S/C29H23BrN4O10/c1-4-44-27(39)18-13(2)29(30)21-19(23(35)31(25(21)37)14-9-5-7-11-16(14)33(40)41)28(18,3)20-22(29)26(38)32(24(20)36)15-10-6-8-12-17(15)34(42)43/h5-12,19-22H,4H2,1-3H3/t19-,20-,21-,22-,28?,29?/m1/s1. The molecule has 15 heteroatoms. The summed E-state index contributed by atoms with van der Waals surface area (Å²) >= 11 is 3.59. The maximum absolute atomic E-state index is 14.4. The van der Waals surface area contributed by atoms with E-state index in [-0.39, 0.29) is 29.1 Å². The molecule has 2 aromatic rings. The molecule has 14 nitrogen and oxygen atoms in total. The Morgan fingerprint density at radius 2 is 1.20 bits per heavy atom. The molecule has 0 N–H and O–H groups in total. The average Bonchev–Trinajstić information content (AvgIpc) is 3.41. The highest BCUT2D eigenvalue weighted by molar-refractivity contribution is 9.10. The Hall–Kier alpha value is -4.79. The zero-order chi connectivity index (χ0) is 32.0. The summed E-state index contributed by atoms with van der Waals surface area (Å²) in [5.74, 6) is -9.96. The summed E-state index contributed by atoms with van der Waals surface area (Å²) in [5.41, 5.74) is -3.32. The number of ether oxygens (including phenoxy) is 1. The van der Waals surface area contributed by atoms with Crippen molar-refractivity contribution in [2.45, 2.75) is 25.1 Å². The summed E-state index contributed by atoms with van der Waals surface area (Å²) in [4.78, 5) is 94.5. The normalized spacial score (nSPS) is 30.5. The second kappa shape index (κ2) is 9.61. The van der Waals surface area contributed by atoms with E-state index in [0.29, 0.717) is 9.80 Å². The van der Waals surface area contributed by atoms with Gasteiger partial charge >= 0.3 is 5.97 Å². The first kappa shape index (κ1) is 29.3. The lowest BCUT2D eigenvalue weighted by atomic mass is 9.43. The molecule has 4 atom stereocenters. The van der Waals surface area contributed by atoms with E-state index in [1.54, 1.807) is 6.92 Å². The van der Waals surface area contributed by atoms with Crippen LogP contribution in [-0.4, -0.2) is 50.4 Å². The van der Waals surface area contributed by atoms with Crippen LogP contribution in [0, 0.1) is 49.3 Å². The van der Waals surface area contributed by atoms with Gasteiger partial charge in [0.15, 0.2) is 0 Å². The molecule has 3 aliphatic carbocycles. The van der Waals surface area contributed by atoms with Crippen LogP contribution >= 0.6 is 15.9 Å². The summed E-state index contributed by atoms with van der Waals surface area (Å²) in [6.07, 6.45) is 0. The van der Waals surface area contributed by atoms with Crippen molar-refractivity contribution in [3.63, 3.8) is 0 Å². The molecule has 0 radical (unpaired) electrons. The number of hydrogen-bond acceptors (Lipinski definition) is 10. The van der Waals surface area contributed by atoms with Crippen molar-refractivity contribution in [3.8, 4) is 0 Å². The van der Waals surface area contributed by atoms with Crippen LogP contribution in [0.15, 0.2) is 59.7 Å². The summed E-state index contributed by atoms with van der Waals surface area (Å²) in [7, 11) is 0. The van der Waals surface area contributed by atoms with Gasteiger partial charge in [-0.05, 0) is 31.6 Å². The number of amides is 4. The van der Waals surface area contributed by atoms with Gasteiger partial charge in [0.05, 0.1) is 44.4 Å². The van der Waals surface area contributed by atoms with Gasteiger partial charge in [-0.25, -0.2) is 14.6 Å². The Bertz CT molecular complexity index is 1680. The van der Waals surface area contributed by atoms with Crippen LogP contribution in [-0.2, 0) is 28.7 Å². The first-order chi connectivity index (χ1) is 20.8. The largest absolute Gasteiger partial charge is 0.463 e. The number of allylic oxidation sites excluding steroid dienone is 1. The number of imide groups is 2. The molecule has 0 unspecified atom stereocenters. The van der Waals surface area contributed by atoms with E-state index in [1.165, 1.54) is 50.2 Å². The van der Waals surface area contributed by atoms with E-state index >= 15 is 0 Å². The summed E-state index contributed by atoms with van der Waals surface area (Å²) in [5, 5.41) is 23.7. The number of nitro benzene ring substituents is 2. The molecule has 2 heterocycles. The van der Waals surface area contributed by atoms with Gasteiger partial charge in [0, 0.05) is 23.1 Å². The fourth-order valence-electron chi connectivity index (χ4n) is 7.82. The molecule has 0 spiro atoms. The Balaban J connectivity index is 1.61. The van der Waals surface area contributed by atoms with Crippen molar-refractivity contribution in [2.75, 3.05) is 16.4 Å². The maximum atomic E-state index is 14.4. The fraction of sp³-hybridized carbons (Fsp3) is 0.345. The smallest absolute Gasteiger partial charge is 0.334 e. The molecule has 2 saturated heterocycles. The number of para-hydroxylation sites is 4. The lowest BCUT2D eigenvalue weighted by molar-refractivity contribution is -0.384. The number of esters is 1. The van der Waals surface area contributed by atoms with E-state index < -0.39 is 84.2 Å². The van der Waals surface area contributed by atoms with E-state index in [2.05, 4.69) is 15.9 Å². The molecule has 5 aliphatic rings. The van der Waals surface area contributed by atoms with Crippen molar-refractivity contribution in [2.24, 2.45) is 29.1 Å². The zero-order valence-electron chi connectivity index (χ0n) is 23.4. The zero-order valence-corrected chi connectivity index (χ0v) is 25.0. The van der Waals surface area contributed by atoms with Gasteiger partial charge in [0.2, 0.25) is 23.6 Å². The molecule has 4 amide bonds. The molecular weight excluding hydrogens is 644 g/mol. The third kappa shape index (κ3) is 3.38. The molecule has 0 aromatic heterocycles. The number of alkyl halides is 1. The highest BCUT2D eigenvalue weighted by atomic mass is 79.9. The van der Waals surface area contributed by atoms with Crippen LogP contribution in [0.1, 0.15) is 20.8 Å². The van der Waals surface area contributed by atoms with Crippen molar-refractivity contribution in [3.05, 3.63) is 79.9 Å². The van der Waals surface area contributed by atoms with Crippen LogP contribution in [0.2, 0.25) is 0 Å². The van der Waals surface area contributed by atoms with E-state index in [4.69, 9.17) is 4.74 Å². The van der Waals surface area contributed by atoms with Gasteiger partial charge in [-0.1, -0.05) is 47.1 Å². The highest BCUT2D eigenvalue weighted by Crippen LogP contribution is 2.73. The quantitative estimate of drug-likeness (QED) is 0.145. The minimum absolute atomic E-state index is 0.0619. The molecule has 226 valence electrons. The molecule has 3 fully saturated rings. The Morgan fingerprint density at radius 1 is 0.818 bits per heavy atom. The average molecular weight is 667 g/mol. The molecule has 1 saturated carbocycles. The number of carbonyl (C=O) groups is 5. The highest BCUT2D eigenvalue weighted by Gasteiger charge is 2.82. The van der Waals surface area contributed by atoms with Gasteiger partial charge in [0.1, 0.15) is 11.4 Å². The van der Waals surface area contributed by atoms with Crippen LogP contribution in [0.5, 0.6) is 0 Å². The minimum atomic E-state index is -1.82. The van der Waals surface area contributed by atoms with Crippen molar-refractivity contribution in [1.82, 2.24) is 0 Å². The third-order valence-corrected chi connectivity index (χ3v) is 11.0. The van der Waals surface area contributed by atoms with Crippen LogP contribution < -0.4 is 9.80 Å². The number of benzene rings is 2. The number of anilines is 2. The lowest BCUT2D eigenvalue weighted by Crippen LogP contribution is -2.67. The SMILES string of the molecule is CCOC(=O)C1=C(C)C2(Br)[C@H]3C(=O)N(c4ccccc4[N+](=O)[O-])C(=O)[C@@H]3C1(C)[C@H]1C(=O)N(c3ccccc3[N+](=O)[O-])C(=O)[C@@H]12. The monoisotopic (exact) mass is 666 g/mol. The number of hydrogen-bond donors (Lipinski definition) is 0. The minimum Gasteiger partial charge on any atom is -0.463 e. The van der Waals surface area contributed by atoms with Crippen molar-refractivity contribution >= 4 is 68.3 Å². The Morgan fingerprint density at radius 3 is 1.59 bits per heavy atom. The van der Waals surface area contributed by atoms with Gasteiger partial charge in [0.25, 0.3) is 11.4 Å². The molecule has 44 heavy (non-hydrogen) atoms. The molecule has 2 aliphatic heterocycles. The van der Waals surface area contributed by atoms with Gasteiger partial charge < -0.3 is 4.74 Å². The van der Waals surface area contributed by atoms with Gasteiger partial charge in [-0.15, -0.1) is 0 Å². The topological polar surface area (TPSA) is 187 Å². The fourth-order valence-corrected chi connectivity index (χ4v) is 8.94. The van der Waals surface area contributed by atoms with E-state index in [1.807, 2.05) is 0 Å². The number of halogens is 1. The van der Waals surface area contributed by atoms with E-state index in [9.17, 15) is 44.2 Å². The Labute approximate surface area is 257 Å². The van der Waals surface area contributed by atoms with Gasteiger partial charge in [-0.3, -0.25) is 39.4 Å². The Kier molecular flexibility index (Phi) is 6.39. The van der Waals surface area contributed by atoms with Crippen LogP contribution in [0.25, 0.3) is 0 Å². The van der Waals surface area contributed by atoms with Crippen molar-refractivity contribution < 1.29 is 38.6 Å². The first-order valence-corrected chi connectivity index (χ1v) is 14.4. The van der Waals surface area contributed by atoms with Crippen LogP contribution in [0.3, 0.4) is 0 Å². The number of nitrogens with zero attached hydrogens (tertiary/aromatic N) is 4. The lowest BCUT2D eigenvalue weighted by Gasteiger charge is -2.59. The number of rotatable bonds is 6. The van der Waals surface area contributed by atoms with E-state index in [0.717, 1.165) is 12.1 Å². The molecule has 2 bridgehead atoms. The molecule has 2 aromatic carbocycles. The van der Waals surface area contributed by atoms with Crippen molar-refractivity contribution in [1.29, 1.82) is 0 Å². The summed E-state index contributed by atoms with van der Waals surface area (Å²) < 4.78 is 3.54. The first-order valence-electron chi connectivity index (χ1n) is 13.6. The maximum Gasteiger partial charge on any atom is 0.334 e. The third-order valence-electron chi connectivity index (χ3n) is 9.42. The predicted octanol–water partition coefficient (Wildman–Crippen LogP) is 3.46. The predicted molar refractivity (Wildman–Crippen MR) is 154 cm³/mol.